The normalized spacial score (nSPS) is 17.8. The van der Waals surface area contributed by atoms with Crippen LogP contribution in [0, 0.1) is 22.7 Å². The van der Waals surface area contributed by atoms with Gasteiger partial charge >= 0.3 is 0 Å². The molecule has 6 aromatic rings. The van der Waals surface area contributed by atoms with E-state index in [9.17, 15) is 14.9 Å². The second-order valence-electron chi connectivity index (χ2n) is 15.1. The first-order chi connectivity index (χ1) is 26.9. The molecule has 6 heterocycles. The molecule has 4 aliphatic rings. The molecule has 4 aromatic heterocycles. The number of pyridine rings is 2. The lowest BCUT2D eigenvalue weighted by molar-refractivity contribution is -0.134. The van der Waals surface area contributed by atoms with Crippen LogP contribution in [-0.4, -0.2) is 91.9 Å². The molecular formula is C43H40N10O2. The van der Waals surface area contributed by atoms with Crippen LogP contribution in [0.25, 0.3) is 22.1 Å². The molecule has 2 aliphatic carbocycles. The largest absolute Gasteiger partial charge is 0.367 e. The number of anilines is 2. The zero-order valence-electron chi connectivity index (χ0n) is 30.4. The van der Waals surface area contributed by atoms with Crippen molar-refractivity contribution in [1.29, 1.82) is 10.5 Å². The molecule has 0 atom stereocenters. The summed E-state index contributed by atoms with van der Waals surface area (Å²) in [5.41, 5.74) is 6.44. The zero-order chi connectivity index (χ0) is 37.6. The fraction of sp³-hybridized carbons (Fsp3) is 0.302. The van der Waals surface area contributed by atoms with Gasteiger partial charge in [-0.15, -0.1) is 0 Å². The number of nitrogens with one attached hydrogen (secondary N) is 2. The Morgan fingerprint density at radius 3 is 1.89 bits per heavy atom. The van der Waals surface area contributed by atoms with Gasteiger partial charge in [-0.3, -0.25) is 9.59 Å². The van der Waals surface area contributed by atoms with Crippen molar-refractivity contribution in [2.24, 2.45) is 0 Å². The molecule has 2 saturated heterocycles. The van der Waals surface area contributed by atoms with Crippen molar-refractivity contribution in [2.75, 3.05) is 49.1 Å². The minimum atomic E-state index is -0.121. The number of aromatic nitrogens is 4. The molecule has 2 aromatic carbocycles. The third kappa shape index (κ3) is 6.29. The minimum Gasteiger partial charge on any atom is -0.367 e. The number of piperazine rings is 2. The lowest BCUT2D eigenvalue weighted by atomic mass is 10.0. The molecule has 2 N–H and O–H groups in total. The fourth-order valence-electron chi connectivity index (χ4n) is 8.59. The maximum Gasteiger partial charge on any atom is 0.255 e. The smallest absolute Gasteiger partial charge is 0.255 e. The number of hydrogen-bond acceptors (Lipinski definition) is 8. The SMILES string of the molecule is N#Cc1cccc(CC(=O)N2CCN(c3ccnc4[nH]ccc34)CC23CC3)c1.N#Cc1ccccc1C(=O)N1CCN(c2ccnc3[nH]ccc23)CC12CC2. The van der Waals surface area contributed by atoms with Gasteiger partial charge in [-0.1, -0.05) is 24.3 Å². The number of nitrogens with zero attached hydrogens (tertiary/aromatic N) is 8. The molecule has 12 heteroatoms. The molecule has 2 aliphatic heterocycles. The molecule has 0 radical (unpaired) electrons. The number of H-pyrrole nitrogens is 2. The molecule has 12 nitrogen and oxygen atoms in total. The number of amides is 2. The maximum atomic E-state index is 13.2. The van der Waals surface area contributed by atoms with Crippen LogP contribution in [0.15, 0.2) is 97.6 Å². The molecule has 55 heavy (non-hydrogen) atoms. The highest BCUT2D eigenvalue weighted by atomic mass is 16.2. The van der Waals surface area contributed by atoms with E-state index in [1.54, 1.807) is 24.3 Å². The number of carbonyl (C=O) groups is 2. The lowest BCUT2D eigenvalue weighted by Gasteiger charge is -2.43. The monoisotopic (exact) mass is 728 g/mol. The Bertz CT molecular complexity index is 2520. The summed E-state index contributed by atoms with van der Waals surface area (Å²) >= 11 is 0. The first-order valence-electron chi connectivity index (χ1n) is 18.9. The molecular weight excluding hydrogens is 689 g/mol. The zero-order valence-corrected chi connectivity index (χ0v) is 30.4. The summed E-state index contributed by atoms with van der Waals surface area (Å²) in [5.74, 6) is 0.138. The van der Waals surface area contributed by atoms with Crippen molar-refractivity contribution < 1.29 is 9.59 Å². The van der Waals surface area contributed by atoms with Crippen LogP contribution in [-0.2, 0) is 11.2 Å². The van der Waals surface area contributed by atoms with Crippen LogP contribution >= 0.6 is 0 Å². The molecule has 2 saturated carbocycles. The van der Waals surface area contributed by atoms with E-state index in [-0.39, 0.29) is 22.9 Å². The summed E-state index contributed by atoms with van der Waals surface area (Å²) in [4.78, 5) is 50.2. The number of nitriles is 2. The van der Waals surface area contributed by atoms with Gasteiger partial charge in [-0.25, -0.2) is 9.97 Å². The van der Waals surface area contributed by atoms with Gasteiger partial charge < -0.3 is 29.6 Å². The highest BCUT2D eigenvalue weighted by Gasteiger charge is 2.54. The Morgan fingerprint density at radius 1 is 0.691 bits per heavy atom. The Balaban J connectivity index is 0.000000144. The highest BCUT2D eigenvalue weighted by molar-refractivity contribution is 5.98. The van der Waals surface area contributed by atoms with Crippen LogP contribution in [0.1, 0.15) is 52.7 Å². The first kappa shape index (κ1) is 34.1. The average Bonchev–Trinajstić information content (AvgIpc) is 4.02. The fourth-order valence-corrected chi connectivity index (χ4v) is 8.59. The van der Waals surface area contributed by atoms with Crippen LogP contribution in [0.2, 0.25) is 0 Å². The predicted molar refractivity (Wildman–Crippen MR) is 209 cm³/mol. The average molecular weight is 729 g/mol. The quantitative estimate of drug-likeness (QED) is 0.227. The second kappa shape index (κ2) is 13.6. The van der Waals surface area contributed by atoms with Crippen molar-refractivity contribution in [3.63, 3.8) is 0 Å². The Labute approximate surface area is 318 Å². The molecule has 2 amide bonds. The number of benzene rings is 2. The summed E-state index contributed by atoms with van der Waals surface area (Å²) in [6.07, 6.45) is 12.0. The summed E-state index contributed by atoms with van der Waals surface area (Å²) in [6.45, 7) is 4.65. The first-order valence-corrected chi connectivity index (χ1v) is 18.9. The second-order valence-corrected chi connectivity index (χ2v) is 15.1. The summed E-state index contributed by atoms with van der Waals surface area (Å²) < 4.78 is 0. The molecule has 0 bridgehead atoms. The van der Waals surface area contributed by atoms with E-state index in [1.807, 2.05) is 54.0 Å². The number of carbonyl (C=O) groups excluding carboxylic acids is 2. The number of aromatic amines is 2. The maximum absolute atomic E-state index is 13.2. The van der Waals surface area contributed by atoms with E-state index < -0.39 is 0 Å². The van der Waals surface area contributed by atoms with E-state index in [2.05, 4.69) is 71.0 Å². The third-order valence-corrected chi connectivity index (χ3v) is 11.7. The van der Waals surface area contributed by atoms with E-state index >= 15 is 0 Å². The molecule has 2 spiro atoms. The van der Waals surface area contributed by atoms with Gasteiger partial charge in [0.1, 0.15) is 11.3 Å². The van der Waals surface area contributed by atoms with Crippen molar-refractivity contribution in [2.45, 2.75) is 43.2 Å². The van der Waals surface area contributed by atoms with E-state index in [0.717, 1.165) is 91.7 Å². The standard InChI is InChI=1S/C22H21N5O.C21H19N5O/c23-14-17-3-1-2-16(12-17)13-20(28)27-11-10-26(15-22(27)6-7-22)19-5-9-25-21-18(19)4-8-24-21;22-13-15-3-1-2-4-16(15)20(27)26-12-11-25(14-21(26)7-8-21)18-6-10-24-19-17(18)5-9-23-19/h1-5,8-9,12H,6-7,10-11,13,15H2,(H,24,25);1-6,9-10H,7-8,11-12,14H2,(H,23,24). The number of hydrogen-bond donors (Lipinski definition) is 2. The van der Waals surface area contributed by atoms with Gasteiger partial charge in [-0.05, 0) is 79.8 Å². The topological polar surface area (TPSA) is 152 Å². The summed E-state index contributed by atoms with van der Waals surface area (Å²) in [7, 11) is 0. The molecule has 0 unspecified atom stereocenters. The third-order valence-electron chi connectivity index (χ3n) is 11.7. The molecule has 274 valence electrons. The van der Waals surface area contributed by atoms with Crippen LogP contribution in [0.3, 0.4) is 0 Å². The van der Waals surface area contributed by atoms with Crippen molar-refractivity contribution in [3.05, 3.63) is 120 Å². The number of fused-ring (bicyclic) bond motifs is 2. The highest BCUT2D eigenvalue weighted by Crippen LogP contribution is 2.47. The van der Waals surface area contributed by atoms with Crippen LogP contribution in [0.4, 0.5) is 11.4 Å². The molecule has 10 rings (SSSR count). The van der Waals surface area contributed by atoms with E-state index in [4.69, 9.17) is 5.26 Å². The van der Waals surface area contributed by atoms with Gasteiger partial charge in [-0.2, -0.15) is 10.5 Å². The van der Waals surface area contributed by atoms with Crippen molar-refractivity contribution in [1.82, 2.24) is 29.7 Å². The van der Waals surface area contributed by atoms with Gasteiger partial charge in [0.05, 0.1) is 46.3 Å². The van der Waals surface area contributed by atoms with Crippen molar-refractivity contribution >= 4 is 45.3 Å². The van der Waals surface area contributed by atoms with Gasteiger partial charge in [0.25, 0.3) is 5.91 Å². The van der Waals surface area contributed by atoms with Gasteiger partial charge in [0.2, 0.25) is 5.91 Å². The molecule has 4 fully saturated rings. The van der Waals surface area contributed by atoms with Gasteiger partial charge in [0.15, 0.2) is 0 Å². The van der Waals surface area contributed by atoms with Crippen LogP contribution in [0.5, 0.6) is 0 Å². The Morgan fingerprint density at radius 2 is 1.29 bits per heavy atom. The van der Waals surface area contributed by atoms with Crippen LogP contribution < -0.4 is 9.80 Å². The predicted octanol–water partition coefficient (Wildman–Crippen LogP) is 5.79. The Kier molecular flexibility index (Phi) is 8.46. The Hall–Kier alpha value is -6.66. The summed E-state index contributed by atoms with van der Waals surface area (Å²) in [5, 5.41) is 20.7. The van der Waals surface area contributed by atoms with E-state index in [0.29, 0.717) is 29.7 Å². The van der Waals surface area contributed by atoms with Crippen molar-refractivity contribution in [3.8, 4) is 12.1 Å². The lowest BCUT2D eigenvalue weighted by Crippen LogP contribution is -2.57. The van der Waals surface area contributed by atoms with E-state index in [1.165, 1.54) is 5.69 Å². The minimum absolute atomic E-state index is 0.0224. The number of rotatable bonds is 5. The van der Waals surface area contributed by atoms with Gasteiger partial charge in [0, 0.05) is 86.2 Å². The summed E-state index contributed by atoms with van der Waals surface area (Å²) in [6, 6.07) is 27.0.